The van der Waals surface area contributed by atoms with Crippen LogP contribution in [0, 0.1) is 5.92 Å². The Balaban J connectivity index is 1.49. The summed E-state index contributed by atoms with van der Waals surface area (Å²) in [6.07, 6.45) is 8.61. The molecule has 2 atom stereocenters. The van der Waals surface area contributed by atoms with Gasteiger partial charge in [0.25, 0.3) is 5.95 Å². The Labute approximate surface area is 153 Å². The summed E-state index contributed by atoms with van der Waals surface area (Å²) in [6.45, 7) is 4.16. The number of hydrogen-bond acceptors (Lipinski definition) is 5. The summed E-state index contributed by atoms with van der Waals surface area (Å²) in [7, 11) is 0. The van der Waals surface area contributed by atoms with E-state index in [1.54, 1.807) is 23.1 Å². The molecule has 26 heavy (non-hydrogen) atoms. The summed E-state index contributed by atoms with van der Waals surface area (Å²) in [4.78, 5) is 21.2. The molecule has 138 valence electrons. The van der Waals surface area contributed by atoms with E-state index in [-0.39, 0.29) is 11.8 Å². The molecule has 2 unspecified atom stereocenters. The molecule has 1 amide bonds. The molecule has 2 aromatic heterocycles. The Hall–Kier alpha value is -2.28. The molecule has 0 saturated carbocycles. The van der Waals surface area contributed by atoms with Gasteiger partial charge in [-0.15, -0.1) is 0 Å². The Morgan fingerprint density at radius 1 is 1.27 bits per heavy atom. The van der Waals surface area contributed by atoms with E-state index in [9.17, 15) is 4.79 Å². The third kappa shape index (κ3) is 3.62. The van der Waals surface area contributed by atoms with Crippen LogP contribution in [0.1, 0.15) is 57.6 Å². The van der Waals surface area contributed by atoms with E-state index in [0.717, 1.165) is 18.5 Å². The van der Waals surface area contributed by atoms with Gasteiger partial charge in [0.15, 0.2) is 0 Å². The van der Waals surface area contributed by atoms with Gasteiger partial charge in [-0.2, -0.15) is 9.78 Å². The van der Waals surface area contributed by atoms with E-state index >= 15 is 0 Å². The van der Waals surface area contributed by atoms with Crippen LogP contribution in [0.5, 0.6) is 0 Å². The molecule has 2 bridgehead atoms. The fraction of sp³-hybridized carbons (Fsp3) is 0.579. The molecule has 0 spiro atoms. The molecule has 2 N–H and O–H groups in total. The number of anilines is 1. The van der Waals surface area contributed by atoms with Crippen molar-refractivity contribution in [3.63, 3.8) is 0 Å². The Kier molecular flexibility index (Phi) is 4.72. The lowest BCUT2D eigenvalue weighted by Gasteiger charge is -2.28. The number of hydrogen-bond donors (Lipinski definition) is 2. The summed E-state index contributed by atoms with van der Waals surface area (Å²) < 4.78 is 1.62. The molecule has 4 heterocycles. The number of amides is 1. The molecule has 0 aliphatic carbocycles. The third-order valence-electron chi connectivity index (χ3n) is 5.37. The maximum atomic E-state index is 12.7. The summed E-state index contributed by atoms with van der Waals surface area (Å²) in [5, 5.41) is 11.3. The normalized spacial score (nSPS) is 24.8. The minimum absolute atomic E-state index is 0.0451. The lowest BCUT2D eigenvalue weighted by molar-refractivity contribution is -0.117. The van der Waals surface area contributed by atoms with Gasteiger partial charge in [0.1, 0.15) is 5.82 Å². The van der Waals surface area contributed by atoms with Crippen molar-refractivity contribution in [3.8, 4) is 5.95 Å². The standard InChI is InChI=1S/C19H26N6O/c1-12(2)16-11-17(25(24-16)19-20-6-3-7-21-19)23-18(26)10-13-8-14-4-5-15(9-13)22-14/h3,6-7,11-15,22H,4-5,8-10H2,1-2H3,(H,23,26). The van der Waals surface area contributed by atoms with E-state index in [1.807, 2.05) is 6.07 Å². The van der Waals surface area contributed by atoms with E-state index < -0.39 is 0 Å². The van der Waals surface area contributed by atoms with Crippen molar-refractivity contribution in [2.24, 2.45) is 5.92 Å². The van der Waals surface area contributed by atoms with Gasteiger partial charge in [0, 0.05) is 37.0 Å². The first-order valence-electron chi connectivity index (χ1n) is 9.51. The van der Waals surface area contributed by atoms with Crippen LogP contribution in [0.25, 0.3) is 5.95 Å². The Morgan fingerprint density at radius 3 is 2.62 bits per heavy atom. The highest BCUT2D eigenvalue weighted by molar-refractivity contribution is 5.90. The van der Waals surface area contributed by atoms with E-state index in [2.05, 4.69) is 39.5 Å². The van der Waals surface area contributed by atoms with Gasteiger partial charge in [0.2, 0.25) is 5.91 Å². The van der Waals surface area contributed by atoms with Crippen LogP contribution in [0.3, 0.4) is 0 Å². The average molecular weight is 354 g/mol. The maximum absolute atomic E-state index is 12.7. The second-order valence-electron chi connectivity index (χ2n) is 7.80. The highest BCUT2D eigenvalue weighted by Gasteiger charge is 2.34. The molecule has 0 aromatic carbocycles. The molecular formula is C19H26N6O. The largest absolute Gasteiger partial charge is 0.311 e. The van der Waals surface area contributed by atoms with Crippen LogP contribution in [0.2, 0.25) is 0 Å². The average Bonchev–Trinajstić information content (AvgIpc) is 3.19. The molecule has 2 aliphatic rings. The highest BCUT2D eigenvalue weighted by atomic mass is 16.1. The zero-order valence-corrected chi connectivity index (χ0v) is 15.4. The number of carbonyl (C=O) groups is 1. The highest BCUT2D eigenvalue weighted by Crippen LogP contribution is 2.33. The fourth-order valence-electron chi connectivity index (χ4n) is 4.12. The second kappa shape index (κ2) is 7.15. The van der Waals surface area contributed by atoms with E-state index in [4.69, 9.17) is 0 Å². The van der Waals surface area contributed by atoms with Gasteiger partial charge in [0.05, 0.1) is 5.69 Å². The van der Waals surface area contributed by atoms with Gasteiger partial charge < -0.3 is 10.6 Å². The number of nitrogens with one attached hydrogen (secondary N) is 2. The van der Waals surface area contributed by atoms with Gasteiger partial charge in [-0.25, -0.2) is 9.97 Å². The Bertz CT molecular complexity index is 760. The monoisotopic (exact) mass is 354 g/mol. The zero-order valence-electron chi connectivity index (χ0n) is 15.4. The first-order valence-corrected chi connectivity index (χ1v) is 9.51. The summed E-state index contributed by atoms with van der Waals surface area (Å²) in [5.41, 5.74) is 0.910. The van der Waals surface area contributed by atoms with Gasteiger partial charge in [-0.3, -0.25) is 4.79 Å². The van der Waals surface area contributed by atoms with Crippen molar-refractivity contribution in [3.05, 3.63) is 30.2 Å². The molecule has 0 radical (unpaired) electrons. The predicted octanol–water partition coefficient (Wildman–Crippen LogP) is 2.64. The number of nitrogens with zero attached hydrogens (tertiary/aromatic N) is 4. The second-order valence-corrected chi connectivity index (χ2v) is 7.80. The SMILES string of the molecule is CC(C)c1cc(NC(=O)CC2CC3CCC(C2)N3)n(-c2ncccn2)n1. The molecule has 4 rings (SSSR count). The number of aromatic nitrogens is 4. The number of piperidine rings is 1. The molecule has 7 nitrogen and oxygen atoms in total. The number of carbonyl (C=O) groups excluding carboxylic acids is 1. The lowest BCUT2D eigenvalue weighted by atomic mass is 9.89. The maximum Gasteiger partial charge on any atom is 0.252 e. The lowest BCUT2D eigenvalue weighted by Crippen LogP contribution is -2.39. The first-order chi connectivity index (χ1) is 12.6. The van der Waals surface area contributed by atoms with Crippen LogP contribution >= 0.6 is 0 Å². The van der Waals surface area contributed by atoms with Crippen molar-refractivity contribution in [1.82, 2.24) is 25.1 Å². The van der Waals surface area contributed by atoms with Gasteiger partial charge >= 0.3 is 0 Å². The molecular weight excluding hydrogens is 328 g/mol. The topological polar surface area (TPSA) is 84.7 Å². The van der Waals surface area contributed by atoms with Gasteiger partial charge in [-0.05, 0) is 43.6 Å². The summed E-state index contributed by atoms with van der Waals surface area (Å²) >= 11 is 0. The van der Waals surface area contributed by atoms with Crippen molar-refractivity contribution in [2.45, 2.75) is 64.0 Å². The summed E-state index contributed by atoms with van der Waals surface area (Å²) in [6, 6.07) is 4.88. The quantitative estimate of drug-likeness (QED) is 0.862. The minimum atomic E-state index is 0.0451. The smallest absolute Gasteiger partial charge is 0.252 e. The van der Waals surface area contributed by atoms with E-state index in [0.29, 0.717) is 36.2 Å². The third-order valence-corrected chi connectivity index (χ3v) is 5.37. The van der Waals surface area contributed by atoms with Crippen molar-refractivity contribution < 1.29 is 4.79 Å². The van der Waals surface area contributed by atoms with Crippen molar-refractivity contribution in [1.29, 1.82) is 0 Å². The van der Waals surface area contributed by atoms with Crippen LogP contribution in [0.15, 0.2) is 24.5 Å². The molecule has 2 aromatic rings. The Morgan fingerprint density at radius 2 is 1.96 bits per heavy atom. The van der Waals surface area contributed by atoms with Crippen molar-refractivity contribution in [2.75, 3.05) is 5.32 Å². The molecule has 2 aliphatic heterocycles. The molecule has 2 saturated heterocycles. The fourth-order valence-corrected chi connectivity index (χ4v) is 4.12. The molecule has 2 fully saturated rings. The molecule has 7 heteroatoms. The van der Waals surface area contributed by atoms with Crippen LogP contribution in [0.4, 0.5) is 5.82 Å². The first kappa shape index (κ1) is 17.1. The van der Waals surface area contributed by atoms with E-state index in [1.165, 1.54) is 12.8 Å². The number of rotatable bonds is 5. The van der Waals surface area contributed by atoms with Gasteiger partial charge in [-0.1, -0.05) is 13.8 Å². The van der Waals surface area contributed by atoms with Crippen LogP contribution in [-0.2, 0) is 4.79 Å². The number of fused-ring (bicyclic) bond motifs is 2. The predicted molar refractivity (Wildman–Crippen MR) is 99.2 cm³/mol. The van der Waals surface area contributed by atoms with Crippen LogP contribution in [-0.4, -0.2) is 37.7 Å². The zero-order chi connectivity index (χ0) is 18.1. The minimum Gasteiger partial charge on any atom is -0.311 e. The van der Waals surface area contributed by atoms with Crippen molar-refractivity contribution >= 4 is 11.7 Å². The van der Waals surface area contributed by atoms with Crippen LogP contribution < -0.4 is 10.6 Å². The summed E-state index contributed by atoms with van der Waals surface area (Å²) in [5.74, 6) is 1.87.